The van der Waals surface area contributed by atoms with Crippen molar-refractivity contribution in [3.8, 4) is 11.3 Å². The molecule has 35 heavy (non-hydrogen) atoms. The summed E-state index contributed by atoms with van der Waals surface area (Å²) in [6.07, 6.45) is 3.59. The molecular weight excluding hydrogens is 434 g/mol. The molecule has 2 fully saturated rings. The van der Waals surface area contributed by atoms with Crippen LogP contribution < -0.4 is 10.2 Å². The third-order valence-corrected chi connectivity index (χ3v) is 7.06. The highest BCUT2D eigenvalue weighted by Crippen LogP contribution is 2.32. The van der Waals surface area contributed by atoms with Crippen molar-refractivity contribution in [1.82, 2.24) is 9.88 Å². The van der Waals surface area contributed by atoms with Gasteiger partial charge in [-0.25, -0.2) is 4.98 Å². The monoisotopic (exact) mass is 469 g/mol. The van der Waals surface area contributed by atoms with Gasteiger partial charge < -0.3 is 20.4 Å². The van der Waals surface area contributed by atoms with Crippen LogP contribution in [0.4, 0.5) is 11.5 Å². The highest BCUT2D eigenvalue weighted by atomic mass is 16.5. The highest BCUT2D eigenvalue weighted by molar-refractivity contribution is 5.94. The van der Waals surface area contributed by atoms with Gasteiger partial charge in [-0.1, -0.05) is 60.2 Å². The second-order valence-corrected chi connectivity index (χ2v) is 9.58. The first-order valence-electron chi connectivity index (χ1n) is 12.7. The van der Waals surface area contributed by atoms with Crippen LogP contribution in [-0.4, -0.2) is 61.5 Å². The van der Waals surface area contributed by atoms with Gasteiger partial charge in [-0.05, 0) is 31.4 Å². The molecule has 0 radical (unpaired) electrons. The molecule has 0 spiro atoms. The zero-order valence-corrected chi connectivity index (χ0v) is 20.5. The Morgan fingerprint density at radius 1 is 1.00 bits per heavy atom. The van der Waals surface area contributed by atoms with Gasteiger partial charge in [0.2, 0.25) is 0 Å². The van der Waals surface area contributed by atoms with E-state index in [0.29, 0.717) is 19.3 Å². The molecule has 2 aromatic carbocycles. The SMILES string of the molecule is Cc1ccc(-c2cc(N3CCOCC3)c(C=N)c(NC3CCN(Cc4ccccc4)CC3)n2)cc1. The van der Waals surface area contributed by atoms with Crippen molar-refractivity contribution < 1.29 is 4.74 Å². The Hall–Kier alpha value is -3.22. The lowest BCUT2D eigenvalue weighted by Gasteiger charge is -2.34. The van der Waals surface area contributed by atoms with Gasteiger partial charge in [0.15, 0.2) is 0 Å². The maximum atomic E-state index is 8.25. The Kier molecular flexibility index (Phi) is 7.40. The van der Waals surface area contributed by atoms with Gasteiger partial charge in [0.25, 0.3) is 0 Å². The second kappa shape index (κ2) is 11.0. The lowest BCUT2D eigenvalue weighted by atomic mass is 10.0. The fraction of sp³-hybridized carbons (Fsp3) is 0.379. The molecular formula is C29H35N5O. The maximum Gasteiger partial charge on any atom is 0.137 e. The first-order valence-corrected chi connectivity index (χ1v) is 12.7. The standard InChI is InChI=1S/C29H35N5O/c1-22-7-9-24(10-8-22)27-19-28(34-15-17-35-18-16-34)26(20-30)29(32-27)31-25-11-13-33(14-12-25)21-23-5-3-2-4-6-23/h2-10,19-20,25,30H,11-18,21H2,1H3,(H,31,32). The van der Waals surface area contributed by atoms with E-state index in [1.165, 1.54) is 17.3 Å². The molecule has 2 saturated heterocycles. The number of nitrogens with zero attached hydrogens (tertiary/aromatic N) is 3. The first-order chi connectivity index (χ1) is 17.2. The number of nitrogens with one attached hydrogen (secondary N) is 2. The third kappa shape index (κ3) is 5.72. The molecule has 182 valence electrons. The van der Waals surface area contributed by atoms with E-state index in [1.54, 1.807) is 0 Å². The van der Waals surface area contributed by atoms with E-state index in [1.807, 2.05) is 0 Å². The van der Waals surface area contributed by atoms with Gasteiger partial charge in [0.05, 0.1) is 30.2 Å². The van der Waals surface area contributed by atoms with E-state index in [9.17, 15) is 0 Å². The molecule has 0 atom stereocenters. The number of likely N-dealkylation sites (tertiary alicyclic amines) is 1. The van der Waals surface area contributed by atoms with E-state index < -0.39 is 0 Å². The lowest BCUT2D eigenvalue weighted by Crippen LogP contribution is -2.39. The van der Waals surface area contributed by atoms with E-state index >= 15 is 0 Å². The van der Waals surface area contributed by atoms with Crippen LogP contribution >= 0.6 is 0 Å². The average molecular weight is 470 g/mol. The fourth-order valence-corrected chi connectivity index (χ4v) is 5.00. The molecule has 5 rings (SSSR count). The van der Waals surface area contributed by atoms with Crippen LogP contribution in [0.5, 0.6) is 0 Å². The smallest absolute Gasteiger partial charge is 0.137 e. The van der Waals surface area contributed by atoms with E-state index in [4.69, 9.17) is 15.1 Å². The number of ether oxygens (including phenoxy) is 1. The molecule has 2 N–H and O–H groups in total. The van der Waals surface area contributed by atoms with Gasteiger partial charge in [-0.3, -0.25) is 4.90 Å². The molecule has 2 aliphatic rings. The summed E-state index contributed by atoms with van der Waals surface area (Å²) in [6, 6.07) is 21.7. The predicted octanol–water partition coefficient (Wildman–Crippen LogP) is 4.97. The molecule has 2 aliphatic heterocycles. The van der Waals surface area contributed by atoms with E-state index in [0.717, 1.165) is 73.9 Å². The summed E-state index contributed by atoms with van der Waals surface area (Å²) in [6.45, 7) is 8.30. The minimum atomic E-state index is 0.346. The number of benzene rings is 2. The van der Waals surface area contributed by atoms with Crippen LogP contribution in [-0.2, 0) is 11.3 Å². The molecule has 0 saturated carbocycles. The summed E-state index contributed by atoms with van der Waals surface area (Å²) >= 11 is 0. The Labute approximate surface area is 208 Å². The predicted molar refractivity (Wildman–Crippen MR) is 144 cm³/mol. The molecule has 0 amide bonds. The van der Waals surface area contributed by atoms with Crippen molar-refractivity contribution in [1.29, 1.82) is 5.41 Å². The minimum absolute atomic E-state index is 0.346. The summed E-state index contributed by atoms with van der Waals surface area (Å²) in [4.78, 5) is 9.90. The zero-order chi connectivity index (χ0) is 24.0. The van der Waals surface area contributed by atoms with Gasteiger partial charge in [-0.15, -0.1) is 0 Å². The van der Waals surface area contributed by atoms with Gasteiger partial charge in [0.1, 0.15) is 5.82 Å². The molecule has 1 aromatic heterocycles. The Morgan fingerprint density at radius 2 is 1.71 bits per heavy atom. The number of anilines is 2. The molecule has 0 unspecified atom stereocenters. The largest absolute Gasteiger partial charge is 0.378 e. The molecule has 0 aliphatic carbocycles. The summed E-state index contributed by atoms with van der Waals surface area (Å²) in [7, 11) is 0. The molecule has 6 nitrogen and oxygen atoms in total. The number of hydrogen-bond acceptors (Lipinski definition) is 6. The van der Waals surface area contributed by atoms with Crippen LogP contribution in [0.1, 0.15) is 29.5 Å². The number of piperidine rings is 1. The summed E-state index contributed by atoms with van der Waals surface area (Å²) in [5, 5.41) is 12.0. The van der Waals surface area contributed by atoms with Crippen LogP contribution in [0, 0.1) is 12.3 Å². The fourth-order valence-electron chi connectivity index (χ4n) is 5.00. The summed E-state index contributed by atoms with van der Waals surface area (Å²) < 4.78 is 5.59. The van der Waals surface area contributed by atoms with Crippen molar-refractivity contribution in [3.63, 3.8) is 0 Å². The van der Waals surface area contributed by atoms with Crippen LogP contribution in [0.15, 0.2) is 60.7 Å². The molecule has 3 aromatic rings. The zero-order valence-electron chi connectivity index (χ0n) is 20.5. The Bertz CT molecular complexity index is 1120. The molecule has 0 bridgehead atoms. The number of rotatable bonds is 7. The molecule has 6 heteroatoms. The van der Waals surface area contributed by atoms with Crippen molar-refractivity contribution in [2.75, 3.05) is 49.6 Å². The normalized spacial score (nSPS) is 17.3. The average Bonchev–Trinajstić information content (AvgIpc) is 2.91. The van der Waals surface area contributed by atoms with Gasteiger partial charge >= 0.3 is 0 Å². The summed E-state index contributed by atoms with van der Waals surface area (Å²) in [5.41, 5.74) is 6.59. The first kappa shape index (κ1) is 23.5. The van der Waals surface area contributed by atoms with Crippen molar-refractivity contribution >= 4 is 17.7 Å². The van der Waals surface area contributed by atoms with Gasteiger partial charge in [0, 0.05) is 50.5 Å². The van der Waals surface area contributed by atoms with Crippen LogP contribution in [0.3, 0.4) is 0 Å². The van der Waals surface area contributed by atoms with Crippen molar-refractivity contribution in [2.45, 2.75) is 32.4 Å². The number of morpholine rings is 1. The van der Waals surface area contributed by atoms with Crippen LogP contribution in [0.2, 0.25) is 0 Å². The minimum Gasteiger partial charge on any atom is -0.378 e. The maximum absolute atomic E-state index is 8.25. The number of hydrogen-bond donors (Lipinski definition) is 2. The summed E-state index contributed by atoms with van der Waals surface area (Å²) in [5.74, 6) is 0.820. The Morgan fingerprint density at radius 3 is 2.40 bits per heavy atom. The highest BCUT2D eigenvalue weighted by Gasteiger charge is 2.24. The topological polar surface area (TPSA) is 64.5 Å². The number of aryl methyl sites for hydroxylation is 1. The lowest BCUT2D eigenvalue weighted by molar-refractivity contribution is 0.122. The van der Waals surface area contributed by atoms with E-state index in [-0.39, 0.29) is 0 Å². The van der Waals surface area contributed by atoms with Crippen molar-refractivity contribution in [3.05, 3.63) is 77.4 Å². The number of pyridine rings is 1. The molecule has 3 heterocycles. The van der Waals surface area contributed by atoms with Crippen molar-refractivity contribution in [2.24, 2.45) is 0 Å². The van der Waals surface area contributed by atoms with Gasteiger partial charge in [-0.2, -0.15) is 0 Å². The second-order valence-electron chi connectivity index (χ2n) is 9.58. The van der Waals surface area contributed by atoms with E-state index in [2.05, 4.69) is 82.7 Å². The third-order valence-electron chi connectivity index (χ3n) is 7.06. The quantitative estimate of drug-likeness (QED) is 0.479. The number of aromatic nitrogens is 1. The van der Waals surface area contributed by atoms with Crippen LogP contribution in [0.25, 0.3) is 11.3 Å². The Balaban J connectivity index is 1.37.